The first-order chi connectivity index (χ1) is 34.7. The first-order valence-corrected chi connectivity index (χ1v) is 25.8. The number of oxime groups is 1. The molecule has 0 bridgehead atoms. The highest BCUT2D eigenvalue weighted by atomic mass is 35.5. The molecule has 4 aromatic rings. The Morgan fingerprint density at radius 3 is 2.04 bits per heavy atom. The molecule has 0 aliphatic carbocycles. The summed E-state index contributed by atoms with van der Waals surface area (Å²) < 4.78 is 59.5. The lowest BCUT2D eigenvalue weighted by molar-refractivity contribution is -0.218. The maximum atomic E-state index is 14.4. The van der Waals surface area contributed by atoms with Crippen LogP contribution in [-0.4, -0.2) is 118 Å². The van der Waals surface area contributed by atoms with Crippen LogP contribution in [0.1, 0.15) is 96.7 Å². The lowest BCUT2D eigenvalue weighted by Crippen LogP contribution is -2.76. The van der Waals surface area contributed by atoms with Crippen molar-refractivity contribution in [2.24, 2.45) is 21.8 Å². The fourth-order valence-electron chi connectivity index (χ4n) is 7.40. The summed E-state index contributed by atoms with van der Waals surface area (Å²) in [5.41, 5.74) is 4.28. The number of thiazole rings is 1. The van der Waals surface area contributed by atoms with Crippen LogP contribution in [-0.2, 0) is 54.7 Å². The van der Waals surface area contributed by atoms with Crippen LogP contribution in [0.3, 0.4) is 0 Å². The van der Waals surface area contributed by atoms with E-state index in [9.17, 15) is 36.9 Å². The zero-order valence-electron chi connectivity index (χ0n) is 41.9. The molecule has 3 aromatic carbocycles. The summed E-state index contributed by atoms with van der Waals surface area (Å²) in [7, 11) is -5.14. The molecule has 2 aliphatic rings. The van der Waals surface area contributed by atoms with Crippen molar-refractivity contribution in [2.75, 3.05) is 25.0 Å². The van der Waals surface area contributed by atoms with E-state index in [1.54, 1.807) is 111 Å². The Hall–Kier alpha value is -6.86. The normalized spacial score (nSPS) is 17.0. The van der Waals surface area contributed by atoms with Gasteiger partial charge in [-0.2, -0.15) is 13.5 Å². The average Bonchev–Trinajstić information content (AvgIpc) is 3.69. The third-order valence-corrected chi connectivity index (χ3v) is 12.6. The molecule has 74 heavy (non-hydrogen) atoms. The van der Waals surface area contributed by atoms with Gasteiger partial charge in [0.15, 0.2) is 16.9 Å². The van der Waals surface area contributed by atoms with Crippen molar-refractivity contribution in [1.29, 1.82) is 0 Å². The number of rotatable bonds is 18. The highest BCUT2D eigenvalue weighted by Gasteiger charge is 2.58. The summed E-state index contributed by atoms with van der Waals surface area (Å²) in [5.74, 6) is -2.48. The van der Waals surface area contributed by atoms with E-state index in [0.717, 1.165) is 5.56 Å². The van der Waals surface area contributed by atoms with Crippen LogP contribution in [0.5, 0.6) is 5.75 Å². The van der Waals surface area contributed by atoms with Gasteiger partial charge in [-0.3, -0.25) is 24.5 Å². The zero-order valence-corrected chi connectivity index (χ0v) is 44.3. The number of aliphatic imine (C=N–C) groups is 1. The van der Waals surface area contributed by atoms with Crippen molar-refractivity contribution >= 4 is 80.0 Å². The molecule has 398 valence electrons. The van der Waals surface area contributed by atoms with Gasteiger partial charge < -0.3 is 39.7 Å². The van der Waals surface area contributed by atoms with Gasteiger partial charge in [0.2, 0.25) is 0 Å². The van der Waals surface area contributed by atoms with Gasteiger partial charge in [-0.25, -0.2) is 19.4 Å². The molecule has 3 heterocycles. The van der Waals surface area contributed by atoms with Gasteiger partial charge in [-0.05, 0) is 97.1 Å². The Labute approximate surface area is 437 Å². The second-order valence-electron chi connectivity index (χ2n) is 19.6. The quantitative estimate of drug-likeness (QED) is 0.0148. The number of piperidine rings is 1. The van der Waals surface area contributed by atoms with E-state index in [1.165, 1.54) is 13.8 Å². The van der Waals surface area contributed by atoms with Gasteiger partial charge in [0.1, 0.15) is 39.6 Å². The number of esters is 1. The molecular weight excluding hydrogens is 1020 g/mol. The molecule has 0 radical (unpaired) electrons. The predicted octanol–water partition coefficient (Wildman–Crippen LogP) is 6.99. The molecule has 6 rings (SSSR count). The SMILES string of the molecule is CC(C)(C)OC(=O)Nc1nc(/C(=N/O[C@@H](COc2ccc(CN=C(N)C3CCN(C(=O)OC(C)(C)C)CC3)cc2)C(=O)OC(c2ccccc2)c2ccccc2)C(=O)N[C@@H]2C(=O)N(OS(=O)(=O)O)C2(C)C)c(Cl)s1. The lowest BCUT2D eigenvalue weighted by Gasteiger charge is -2.50. The number of nitrogens with zero attached hydrogens (tertiary/aromatic N) is 5. The summed E-state index contributed by atoms with van der Waals surface area (Å²) in [4.78, 5) is 83.5. The molecule has 25 heteroatoms. The number of amides is 4. The molecule has 5 N–H and O–H groups in total. The Morgan fingerprint density at radius 2 is 1.50 bits per heavy atom. The lowest BCUT2D eigenvalue weighted by atomic mass is 9.84. The van der Waals surface area contributed by atoms with E-state index in [4.69, 9.17) is 41.1 Å². The number of ether oxygens (including phenoxy) is 4. The number of hydroxylamine groups is 2. The Kier molecular flexibility index (Phi) is 18.0. The fourth-order valence-corrected chi connectivity index (χ4v) is 8.88. The number of nitrogens with one attached hydrogen (secondary N) is 2. The minimum absolute atomic E-state index is 0.0152. The van der Waals surface area contributed by atoms with E-state index >= 15 is 0 Å². The number of aromatic nitrogens is 1. The number of amidine groups is 1. The van der Waals surface area contributed by atoms with Gasteiger partial charge in [0.25, 0.3) is 17.9 Å². The van der Waals surface area contributed by atoms with Crippen molar-refractivity contribution in [1.82, 2.24) is 20.3 Å². The number of likely N-dealkylation sites (tertiary alicyclic amines) is 1. The fraction of sp³-hybridized carbons (Fsp3) is 0.429. The number of halogens is 1. The molecule has 0 saturated carbocycles. The minimum Gasteiger partial charge on any atom is -0.489 e. The van der Waals surface area contributed by atoms with Crippen LogP contribution in [0.4, 0.5) is 14.7 Å². The molecule has 2 saturated heterocycles. The number of β-lactam (4-membered cyclic amide) rings is 1. The average molecular weight is 1080 g/mol. The number of nitrogens with two attached hydrogens (primary N) is 1. The maximum Gasteiger partial charge on any atom is 0.418 e. The van der Waals surface area contributed by atoms with Crippen molar-refractivity contribution in [2.45, 2.75) is 110 Å². The third-order valence-electron chi connectivity index (χ3n) is 11.1. The van der Waals surface area contributed by atoms with E-state index < -0.39 is 81.6 Å². The molecule has 22 nitrogen and oxygen atoms in total. The number of hydrogen-bond donors (Lipinski definition) is 4. The topological polar surface area (TPSA) is 289 Å². The Morgan fingerprint density at radius 1 is 0.919 bits per heavy atom. The van der Waals surface area contributed by atoms with Gasteiger partial charge in [0, 0.05) is 19.0 Å². The predicted molar refractivity (Wildman–Crippen MR) is 272 cm³/mol. The number of carbonyl (C=O) groups excluding carboxylic acids is 5. The zero-order chi connectivity index (χ0) is 54.2. The van der Waals surface area contributed by atoms with Crippen molar-refractivity contribution in [3.63, 3.8) is 0 Å². The van der Waals surface area contributed by atoms with E-state index in [0.29, 0.717) is 59.3 Å². The van der Waals surface area contributed by atoms with Crippen LogP contribution in [0, 0.1) is 5.92 Å². The Balaban J connectivity index is 1.26. The number of carbonyl (C=O) groups is 5. The molecule has 1 aromatic heterocycles. The molecule has 2 aliphatic heterocycles. The first-order valence-electron chi connectivity index (χ1n) is 23.2. The number of anilines is 1. The number of hydrogen-bond acceptors (Lipinski definition) is 17. The van der Waals surface area contributed by atoms with Gasteiger partial charge in [-0.1, -0.05) is 101 Å². The Bertz CT molecular complexity index is 2790. The molecule has 0 spiro atoms. The maximum absolute atomic E-state index is 14.4. The van der Waals surface area contributed by atoms with Gasteiger partial charge >= 0.3 is 28.6 Å². The summed E-state index contributed by atoms with van der Waals surface area (Å²) >= 11 is 7.34. The monoisotopic (exact) mass is 1080 g/mol. The van der Waals surface area contributed by atoms with E-state index in [-0.39, 0.29) is 39.5 Å². The van der Waals surface area contributed by atoms with Gasteiger partial charge in [0.05, 0.1) is 17.9 Å². The second-order valence-corrected chi connectivity index (χ2v) is 22.2. The van der Waals surface area contributed by atoms with Crippen LogP contribution in [0.2, 0.25) is 4.34 Å². The van der Waals surface area contributed by atoms with Crippen LogP contribution in [0.15, 0.2) is 95.1 Å². The van der Waals surface area contributed by atoms with Crippen molar-refractivity contribution < 1.29 is 65.0 Å². The van der Waals surface area contributed by atoms with Crippen LogP contribution in [0.25, 0.3) is 0 Å². The summed E-state index contributed by atoms with van der Waals surface area (Å²) in [6.45, 7) is 13.7. The second kappa shape index (κ2) is 23.6. The molecule has 2 fully saturated rings. The standard InChI is InChI=1S/C49H59ClN8O14S2/c1-47(2,3)69-45(62)55-44-53-35(39(50)73-44)36(41(59)54-38-42(60)58(49(38,7)8)72-74(64,65)66)56-71-34(43(61)68-37(30-15-11-9-12-16-30)31-17-13-10-14-18-31)28-67-33-21-19-29(20-22-33)27-52-40(51)32-23-25-57(26-24-32)46(63)70-48(4,5)6/h9-22,32,34,37-38H,23-28H2,1-8H3,(H2,51,52)(H,54,59)(H,53,55,62)(H,64,65,66)/b56-36-/t34-,38+/m0/s1. The van der Waals surface area contributed by atoms with Crippen molar-refractivity contribution in [3.05, 3.63) is 112 Å². The smallest absolute Gasteiger partial charge is 0.418 e. The highest BCUT2D eigenvalue weighted by molar-refractivity contribution is 7.80. The summed E-state index contributed by atoms with van der Waals surface area (Å²) in [5, 5.41) is 9.15. The largest absolute Gasteiger partial charge is 0.489 e. The number of benzene rings is 3. The first kappa shape index (κ1) is 56.4. The summed E-state index contributed by atoms with van der Waals surface area (Å²) in [6.07, 6.45) is -2.68. The minimum atomic E-state index is -5.14. The summed E-state index contributed by atoms with van der Waals surface area (Å²) in [6, 6.07) is 23.1. The molecule has 0 unspecified atom stereocenters. The molecular formula is C49H59ClN8O14S2. The molecule has 4 amide bonds. The van der Waals surface area contributed by atoms with E-state index in [2.05, 4.69) is 30.0 Å². The highest BCUT2D eigenvalue weighted by Crippen LogP contribution is 2.34. The van der Waals surface area contributed by atoms with Crippen molar-refractivity contribution in [3.8, 4) is 5.75 Å². The van der Waals surface area contributed by atoms with Crippen LogP contribution >= 0.6 is 22.9 Å². The van der Waals surface area contributed by atoms with E-state index in [1.807, 2.05) is 20.8 Å². The third kappa shape index (κ3) is 15.6. The molecule has 2 atom stereocenters. The van der Waals surface area contributed by atoms with Crippen LogP contribution < -0.4 is 21.1 Å². The van der Waals surface area contributed by atoms with Gasteiger partial charge in [-0.15, -0.1) is 4.28 Å².